The number of aliphatic hydroxyl groups excluding tert-OH is 1. The number of anilines is 1. The summed E-state index contributed by atoms with van der Waals surface area (Å²) >= 11 is 5.94. The molecule has 2 N–H and O–H groups in total. The molecule has 0 bridgehead atoms. The standard InChI is InChI=1S/C20H19ClN2O3/c1-20(2,19(26)22-15-10-6-9-14(21)11-15)23-12-16(24)17(18(23)25)13-7-4-3-5-8-13/h3-11,24H,12H2,1-2H3,(H,22,26). The van der Waals surface area contributed by atoms with Gasteiger partial charge >= 0.3 is 0 Å². The van der Waals surface area contributed by atoms with E-state index in [-0.39, 0.29) is 29.7 Å². The summed E-state index contributed by atoms with van der Waals surface area (Å²) in [6.45, 7) is 3.27. The van der Waals surface area contributed by atoms with Gasteiger partial charge in [0.05, 0.1) is 12.1 Å². The first-order valence-corrected chi connectivity index (χ1v) is 8.55. The van der Waals surface area contributed by atoms with Crippen LogP contribution in [0.15, 0.2) is 60.4 Å². The Hall–Kier alpha value is -2.79. The second-order valence-electron chi connectivity index (χ2n) is 6.60. The Balaban J connectivity index is 1.82. The van der Waals surface area contributed by atoms with Crippen LogP contribution in [0, 0.1) is 0 Å². The van der Waals surface area contributed by atoms with Crippen molar-refractivity contribution in [1.29, 1.82) is 0 Å². The van der Waals surface area contributed by atoms with Crippen LogP contribution < -0.4 is 5.32 Å². The zero-order valence-electron chi connectivity index (χ0n) is 14.5. The largest absolute Gasteiger partial charge is 0.510 e. The molecule has 2 aromatic rings. The van der Waals surface area contributed by atoms with E-state index in [2.05, 4.69) is 5.32 Å². The third-order valence-corrected chi connectivity index (χ3v) is 4.67. The zero-order valence-corrected chi connectivity index (χ0v) is 15.2. The number of nitrogens with one attached hydrogen (secondary N) is 1. The Morgan fingerprint density at radius 3 is 2.50 bits per heavy atom. The summed E-state index contributed by atoms with van der Waals surface area (Å²) in [6.07, 6.45) is 0. The maximum Gasteiger partial charge on any atom is 0.259 e. The van der Waals surface area contributed by atoms with Gasteiger partial charge in [0.25, 0.3) is 5.91 Å². The number of halogens is 1. The van der Waals surface area contributed by atoms with Crippen molar-refractivity contribution < 1.29 is 14.7 Å². The van der Waals surface area contributed by atoms with Crippen LogP contribution in [0.1, 0.15) is 19.4 Å². The first-order valence-electron chi connectivity index (χ1n) is 8.17. The van der Waals surface area contributed by atoms with Gasteiger partial charge in [-0.1, -0.05) is 48.0 Å². The molecule has 0 unspecified atom stereocenters. The summed E-state index contributed by atoms with van der Waals surface area (Å²) in [5.74, 6) is -0.778. The second-order valence-corrected chi connectivity index (χ2v) is 7.04. The summed E-state index contributed by atoms with van der Waals surface area (Å²) in [4.78, 5) is 27.0. The number of carbonyl (C=O) groups excluding carboxylic acids is 2. The molecule has 0 atom stereocenters. The maximum absolute atomic E-state index is 12.9. The van der Waals surface area contributed by atoms with Crippen LogP contribution in [-0.2, 0) is 9.59 Å². The van der Waals surface area contributed by atoms with Crippen molar-refractivity contribution in [3.05, 3.63) is 70.9 Å². The van der Waals surface area contributed by atoms with E-state index >= 15 is 0 Å². The van der Waals surface area contributed by atoms with Gasteiger partial charge in [0.1, 0.15) is 11.3 Å². The third kappa shape index (κ3) is 3.30. The Kier molecular flexibility index (Phi) is 4.74. The Morgan fingerprint density at radius 1 is 1.15 bits per heavy atom. The summed E-state index contributed by atoms with van der Waals surface area (Å²) in [5, 5.41) is 13.6. The van der Waals surface area contributed by atoms with Crippen LogP contribution in [0.3, 0.4) is 0 Å². The van der Waals surface area contributed by atoms with Crippen LogP contribution in [0.4, 0.5) is 5.69 Å². The topological polar surface area (TPSA) is 69.6 Å². The highest BCUT2D eigenvalue weighted by Gasteiger charge is 2.44. The van der Waals surface area contributed by atoms with E-state index in [1.54, 1.807) is 62.4 Å². The van der Waals surface area contributed by atoms with Crippen LogP contribution in [-0.4, -0.2) is 33.9 Å². The molecule has 2 aromatic carbocycles. The van der Waals surface area contributed by atoms with E-state index in [0.717, 1.165) is 0 Å². The van der Waals surface area contributed by atoms with E-state index in [1.807, 2.05) is 6.07 Å². The predicted octanol–water partition coefficient (Wildman–Crippen LogP) is 3.87. The highest BCUT2D eigenvalue weighted by molar-refractivity contribution is 6.31. The number of amides is 2. The van der Waals surface area contributed by atoms with Crippen LogP contribution in [0.25, 0.3) is 5.57 Å². The lowest BCUT2D eigenvalue weighted by Crippen LogP contribution is -2.53. The van der Waals surface area contributed by atoms with E-state index in [9.17, 15) is 14.7 Å². The van der Waals surface area contributed by atoms with Crippen molar-refractivity contribution in [3.63, 3.8) is 0 Å². The van der Waals surface area contributed by atoms with E-state index < -0.39 is 5.54 Å². The van der Waals surface area contributed by atoms with Gasteiger partial charge in [-0.05, 0) is 37.6 Å². The van der Waals surface area contributed by atoms with Gasteiger partial charge in [0.15, 0.2) is 0 Å². The van der Waals surface area contributed by atoms with Crippen LogP contribution in [0.2, 0.25) is 5.02 Å². The molecule has 0 aromatic heterocycles. The Bertz CT molecular complexity index is 891. The molecular weight excluding hydrogens is 352 g/mol. The summed E-state index contributed by atoms with van der Waals surface area (Å²) in [6, 6.07) is 15.7. The van der Waals surface area contributed by atoms with Crippen molar-refractivity contribution in [1.82, 2.24) is 4.90 Å². The van der Waals surface area contributed by atoms with Gasteiger partial charge in [0, 0.05) is 10.7 Å². The third-order valence-electron chi connectivity index (χ3n) is 4.43. The summed E-state index contributed by atoms with van der Waals surface area (Å²) < 4.78 is 0. The molecule has 26 heavy (non-hydrogen) atoms. The number of hydrogen-bond donors (Lipinski definition) is 2. The lowest BCUT2D eigenvalue weighted by Gasteiger charge is -2.34. The molecule has 2 amide bonds. The van der Waals surface area contributed by atoms with Gasteiger partial charge in [0.2, 0.25) is 5.91 Å². The first-order chi connectivity index (χ1) is 12.3. The van der Waals surface area contributed by atoms with Crippen molar-refractivity contribution >= 4 is 34.7 Å². The Labute approximate surface area is 156 Å². The fourth-order valence-electron chi connectivity index (χ4n) is 2.88. The molecule has 0 saturated carbocycles. The minimum Gasteiger partial charge on any atom is -0.510 e. The lowest BCUT2D eigenvalue weighted by molar-refractivity contribution is -0.137. The van der Waals surface area contributed by atoms with Gasteiger partial charge in [-0.25, -0.2) is 0 Å². The number of hydrogen-bond acceptors (Lipinski definition) is 3. The molecule has 0 aliphatic carbocycles. The van der Waals surface area contributed by atoms with Crippen molar-refractivity contribution in [2.75, 3.05) is 11.9 Å². The lowest BCUT2D eigenvalue weighted by atomic mass is 10.0. The number of benzene rings is 2. The molecule has 0 fully saturated rings. The second kappa shape index (κ2) is 6.84. The molecule has 3 rings (SSSR count). The number of carbonyl (C=O) groups is 2. The average Bonchev–Trinajstić information content (AvgIpc) is 2.91. The van der Waals surface area contributed by atoms with Crippen LogP contribution >= 0.6 is 11.6 Å². The number of rotatable bonds is 4. The van der Waals surface area contributed by atoms with E-state index in [1.165, 1.54) is 4.90 Å². The van der Waals surface area contributed by atoms with E-state index in [0.29, 0.717) is 16.3 Å². The molecule has 6 heteroatoms. The highest BCUT2D eigenvalue weighted by Crippen LogP contribution is 2.32. The summed E-state index contributed by atoms with van der Waals surface area (Å²) in [7, 11) is 0. The van der Waals surface area contributed by atoms with Gasteiger partial charge in [-0.2, -0.15) is 0 Å². The van der Waals surface area contributed by atoms with Gasteiger partial charge in [-0.15, -0.1) is 0 Å². The normalized spacial score (nSPS) is 14.7. The molecule has 0 radical (unpaired) electrons. The van der Waals surface area contributed by atoms with E-state index in [4.69, 9.17) is 11.6 Å². The van der Waals surface area contributed by atoms with Crippen molar-refractivity contribution in [2.45, 2.75) is 19.4 Å². The predicted molar refractivity (Wildman–Crippen MR) is 102 cm³/mol. The fraction of sp³-hybridized carbons (Fsp3) is 0.200. The molecular formula is C20H19ClN2O3. The maximum atomic E-state index is 12.9. The van der Waals surface area contributed by atoms with Gasteiger partial charge < -0.3 is 15.3 Å². The molecule has 0 spiro atoms. The monoisotopic (exact) mass is 370 g/mol. The highest BCUT2D eigenvalue weighted by atomic mass is 35.5. The van der Waals surface area contributed by atoms with Crippen molar-refractivity contribution in [3.8, 4) is 0 Å². The minimum atomic E-state index is -1.16. The smallest absolute Gasteiger partial charge is 0.259 e. The number of aliphatic hydroxyl groups is 1. The molecule has 1 heterocycles. The molecule has 0 saturated heterocycles. The zero-order chi connectivity index (χ0) is 18.9. The average molecular weight is 371 g/mol. The SMILES string of the molecule is CC(C)(C(=O)Nc1cccc(Cl)c1)N1CC(O)=C(c2ccccc2)C1=O. The molecule has 1 aliphatic heterocycles. The minimum absolute atomic E-state index is 0.0149. The quantitative estimate of drug-likeness (QED) is 0.858. The summed E-state index contributed by atoms with van der Waals surface area (Å²) in [5.41, 5.74) is 0.240. The van der Waals surface area contributed by atoms with Gasteiger partial charge in [-0.3, -0.25) is 9.59 Å². The Morgan fingerprint density at radius 2 is 1.85 bits per heavy atom. The molecule has 5 nitrogen and oxygen atoms in total. The molecule has 1 aliphatic rings. The first kappa shape index (κ1) is 18.0. The van der Waals surface area contributed by atoms with Crippen LogP contribution in [0.5, 0.6) is 0 Å². The number of nitrogens with zero attached hydrogens (tertiary/aromatic N) is 1. The van der Waals surface area contributed by atoms with Crippen molar-refractivity contribution in [2.24, 2.45) is 0 Å². The fourth-order valence-corrected chi connectivity index (χ4v) is 3.07. The molecule has 134 valence electrons.